The third-order valence-corrected chi connectivity index (χ3v) is 7.21. The number of para-hydroxylation sites is 1. The SMILES string of the molecule is Cc1ccc2c(CC(=O)Nc3ccccc3S(=O)(=O)N3CCCCC3)coc2c1. The van der Waals surface area contributed by atoms with Crippen LogP contribution in [-0.2, 0) is 21.2 Å². The summed E-state index contributed by atoms with van der Waals surface area (Å²) in [6.07, 6.45) is 4.46. The first kappa shape index (κ1) is 19.7. The maximum absolute atomic E-state index is 13.1. The molecule has 1 aliphatic heterocycles. The number of hydrogen-bond acceptors (Lipinski definition) is 4. The maximum Gasteiger partial charge on any atom is 0.245 e. The zero-order valence-corrected chi connectivity index (χ0v) is 17.2. The van der Waals surface area contributed by atoms with E-state index in [4.69, 9.17) is 4.42 Å². The molecule has 1 fully saturated rings. The van der Waals surface area contributed by atoms with Gasteiger partial charge in [0.05, 0.1) is 18.4 Å². The van der Waals surface area contributed by atoms with Crippen molar-refractivity contribution < 1.29 is 17.6 Å². The quantitative estimate of drug-likeness (QED) is 0.684. The van der Waals surface area contributed by atoms with Crippen molar-refractivity contribution in [2.75, 3.05) is 18.4 Å². The molecule has 2 aromatic carbocycles. The lowest BCUT2D eigenvalue weighted by Crippen LogP contribution is -2.36. The highest BCUT2D eigenvalue weighted by atomic mass is 32.2. The van der Waals surface area contributed by atoms with E-state index in [-0.39, 0.29) is 17.2 Å². The minimum Gasteiger partial charge on any atom is -0.464 e. The molecular weight excluding hydrogens is 388 g/mol. The van der Waals surface area contributed by atoms with E-state index in [9.17, 15) is 13.2 Å². The van der Waals surface area contributed by atoms with Crippen LogP contribution in [0.25, 0.3) is 11.0 Å². The number of hydrogen-bond donors (Lipinski definition) is 1. The Hall–Kier alpha value is -2.64. The van der Waals surface area contributed by atoms with Gasteiger partial charge in [-0.25, -0.2) is 8.42 Å². The first-order chi connectivity index (χ1) is 13.9. The lowest BCUT2D eigenvalue weighted by atomic mass is 10.1. The molecule has 1 amide bonds. The molecule has 29 heavy (non-hydrogen) atoms. The van der Waals surface area contributed by atoms with E-state index in [1.54, 1.807) is 30.5 Å². The molecule has 1 saturated heterocycles. The topological polar surface area (TPSA) is 79.6 Å². The molecule has 1 aromatic heterocycles. The molecule has 0 aliphatic carbocycles. The van der Waals surface area contributed by atoms with E-state index >= 15 is 0 Å². The van der Waals surface area contributed by atoms with E-state index in [0.29, 0.717) is 18.8 Å². The molecule has 1 N–H and O–H groups in total. The third kappa shape index (κ3) is 4.06. The highest BCUT2D eigenvalue weighted by Crippen LogP contribution is 2.28. The van der Waals surface area contributed by atoms with Gasteiger partial charge in [-0.2, -0.15) is 4.31 Å². The number of carbonyl (C=O) groups excluding carboxylic acids is 1. The molecule has 0 saturated carbocycles. The van der Waals surface area contributed by atoms with E-state index in [2.05, 4.69) is 5.32 Å². The summed E-state index contributed by atoms with van der Waals surface area (Å²) in [6, 6.07) is 12.4. The molecule has 0 spiro atoms. The number of nitrogens with zero attached hydrogens (tertiary/aromatic N) is 1. The highest BCUT2D eigenvalue weighted by Gasteiger charge is 2.28. The average molecular weight is 413 g/mol. The molecule has 0 atom stereocenters. The number of fused-ring (bicyclic) bond motifs is 1. The number of nitrogens with one attached hydrogen (secondary N) is 1. The van der Waals surface area contributed by atoms with Gasteiger partial charge in [0, 0.05) is 24.0 Å². The van der Waals surface area contributed by atoms with Crippen LogP contribution in [0, 0.1) is 6.92 Å². The van der Waals surface area contributed by atoms with Crippen molar-refractivity contribution in [3.63, 3.8) is 0 Å². The smallest absolute Gasteiger partial charge is 0.245 e. The Bertz CT molecular complexity index is 1140. The van der Waals surface area contributed by atoms with Crippen LogP contribution >= 0.6 is 0 Å². The number of furan rings is 1. The lowest BCUT2D eigenvalue weighted by Gasteiger charge is -2.26. The van der Waals surface area contributed by atoms with E-state index < -0.39 is 10.0 Å². The van der Waals surface area contributed by atoms with Crippen LogP contribution in [-0.4, -0.2) is 31.7 Å². The monoisotopic (exact) mass is 412 g/mol. The van der Waals surface area contributed by atoms with Crippen LogP contribution in [0.5, 0.6) is 0 Å². The lowest BCUT2D eigenvalue weighted by molar-refractivity contribution is -0.115. The minimum atomic E-state index is -3.64. The Morgan fingerprint density at radius 3 is 2.66 bits per heavy atom. The molecule has 3 aromatic rings. The van der Waals surface area contributed by atoms with Gasteiger partial charge in [-0.3, -0.25) is 4.79 Å². The van der Waals surface area contributed by atoms with Gasteiger partial charge < -0.3 is 9.73 Å². The van der Waals surface area contributed by atoms with E-state index in [0.717, 1.165) is 41.4 Å². The number of benzene rings is 2. The van der Waals surface area contributed by atoms with Gasteiger partial charge in [-0.1, -0.05) is 30.7 Å². The first-order valence-electron chi connectivity index (χ1n) is 9.81. The van der Waals surface area contributed by atoms with Gasteiger partial charge in [0.25, 0.3) is 0 Å². The van der Waals surface area contributed by atoms with Crippen LogP contribution in [0.3, 0.4) is 0 Å². The van der Waals surface area contributed by atoms with Gasteiger partial charge in [0.2, 0.25) is 15.9 Å². The summed E-state index contributed by atoms with van der Waals surface area (Å²) in [6.45, 7) is 3.02. The van der Waals surface area contributed by atoms with Crippen molar-refractivity contribution in [3.05, 3.63) is 59.9 Å². The second-order valence-electron chi connectivity index (χ2n) is 7.45. The maximum atomic E-state index is 13.1. The summed E-state index contributed by atoms with van der Waals surface area (Å²) in [4.78, 5) is 12.8. The van der Waals surface area contributed by atoms with Crippen LogP contribution in [0.1, 0.15) is 30.4 Å². The fraction of sp³-hybridized carbons (Fsp3) is 0.318. The molecule has 2 heterocycles. The number of sulfonamides is 1. The molecule has 0 radical (unpaired) electrons. The Labute approximate surface area is 170 Å². The Morgan fingerprint density at radius 2 is 1.86 bits per heavy atom. The number of amides is 1. The third-order valence-electron chi connectivity index (χ3n) is 5.26. The van der Waals surface area contributed by atoms with Crippen molar-refractivity contribution >= 4 is 32.6 Å². The second kappa shape index (κ2) is 8.00. The molecule has 1 aliphatic rings. The van der Waals surface area contributed by atoms with Crippen molar-refractivity contribution in [2.24, 2.45) is 0 Å². The Morgan fingerprint density at radius 1 is 1.10 bits per heavy atom. The fourth-order valence-electron chi connectivity index (χ4n) is 3.73. The van der Waals surface area contributed by atoms with E-state index in [1.807, 2.05) is 25.1 Å². The summed E-state index contributed by atoms with van der Waals surface area (Å²) in [7, 11) is -3.64. The van der Waals surface area contributed by atoms with Crippen molar-refractivity contribution in [1.29, 1.82) is 0 Å². The number of aryl methyl sites for hydroxylation is 1. The molecule has 0 unspecified atom stereocenters. The average Bonchev–Trinajstić information content (AvgIpc) is 3.10. The summed E-state index contributed by atoms with van der Waals surface area (Å²) in [5.41, 5.74) is 2.90. The zero-order chi connectivity index (χ0) is 20.4. The zero-order valence-electron chi connectivity index (χ0n) is 16.3. The predicted octanol–water partition coefficient (Wildman–Crippen LogP) is 4.10. The van der Waals surface area contributed by atoms with Gasteiger partial charge in [-0.05, 0) is 43.5 Å². The van der Waals surface area contributed by atoms with Gasteiger partial charge >= 0.3 is 0 Å². The van der Waals surface area contributed by atoms with Crippen LogP contribution in [0.4, 0.5) is 5.69 Å². The summed E-state index contributed by atoms with van der Waals surface area (Å²) in [5, 5.41) is 3.67. The first-order valence-corrected chi connectivity index (χ1v) is 11.2. The molecular formula is C22H24N2O4S. The van der Waals surface area contributed by atoms with Crippen molar-refractivity contribution in [2.45, 2.75) is 37.5 Å². The van der Waals surface area contributed by atoms with Crippen molar-refractivity contribution in [1.82, 2.24) is 4.31 Å². The van der Waals surface area contributed by atoms with Crippen LogP contribution < -0.4 is 5.32 Å². The fourth-order valence-corrected chi connectivity index (χ4v) is 5.40. The van der Waals surface area contributed by atoms with Crippen molar-refractivity contribution in [3.8, 4) is 0 Å². The number of carbonyl (C=O) groups is 1. The number of rotatable bonds is 5. The molecule has 6 nitrogen and oxygen atoms in total. The normalized spacial score (nSPS) is 15.5. The van der Waals surface area contributed by atoms with Gasteiger partial charge in [-0.15, -0.1) is 0 Å². The van der Waals surface area contributed by atoms with Gasteiger partial charge in [0.1, 0.15) is 10.5 Å². The molecule has 4 rings (SSSR count). The summed E-state index contributed by atoms with van der Waals surface area (Å²) < 4.78 is 33.2. The largest absolute Gasteiger partial charge is 0.464 e. The number of anilines is 1. The van der Waals surface area contributed by atoms with Gasteiger partial charge in [0.15, 0.2) is 0 Å². The Balaban J connectivity index is 1.55. The standard InChI is InChI=1S/C22H24N2O4S/c1-16-9-10-18-17(15-28-20(18)13-16)14-22(25)23-19-7-3-4-8-21(19)29(26,27)24-11-5-2-6-12-24/h3-4,7-10,13,15H,2,5-6,11-12,14H2,1H3,(H,23,25). The molecule has 0 bridgehead atoms. The molecule has 7 heteroatoms. The number of piperidine rings is 1. The minimum absolute atomic E-state index is 0.105. The van der Waals surface area contributed by atoms with Crippen LogP contribution in [0.2, 0.25) is 0 Å². The summed E-state index contributed by atoms with van der Waals surface area (Å²) >= 11 is 0. The second-order valence-corrected chi connectivity index (χ2v) is 9.35. The summed E-state index contributed by atoms with van der Waals surface area (Å²) in [5.74, 6) is -0.283. The molecule has 152 valence electrons. The Kier molecular flexibility index (Phi) is 5.43. The van der Waals surface area contributed by atoms with Crippen LogP contribution in [0.15, 0.2) is 58.0 Å². The van der Waals surface area contributed by atoms with E-state index in [1.165, 1.54) is 4.31 Å². The predicted molar refractivity (Wildman–Crippen MR) is 112 cm³/mol. The highest BCUT2D eigenvalue weighted by molar-refractivity contribution is 7.89.